The molecular formula is C14H21BrN2O. The highest BCUT2D eigenvalue weighted by atomic mass is 79.9. The van der Waals surface area contributed by atoms with Crippen LogP contribution in [-0.2, 0) is 11.3 Å². The Morgan fingerprint density at radius 3 is 2.28 bits per heavy atom. The molecule has 0 unspecified atom stereocenters. The lowest BCUT2D eigenvalue weighted by molar-refractivity contribution is -0.131. The summed E-state index contributed by atoms with van der Waals surface area (Å²) in [7, 11) is 4.04. The molecule has 0 radical (unpaired) electrons. The van der Waals surface area contributed by atoms with Crippen LogP contribution in [0.3, 0.4) is 0 Å². The number of anilines is 1. The summed E-state index contributed by atoms with van der Waals surface area (Å²) in [5.74, 6) is 0.200. The Labute approximate surface area is 118 Å². The molecule has 1 amide bonds. The normalized spacial score (nSPS) is 10.2. The van der Waals surface area contributed by atoms with Crippen LogP contribution in [0.1, 0.15) is 18.9 Å². The number of halogens is 1. The van der Waals surface area contributed by atoms with E-state index in [2.05, 4.69) is 45.1 Å². The molecule has 0 N–H and O–H groups in total. The molecule has 18 heavy (non-hydrogen) atoms. The fourth-order valence-electron chi connectivity index (χ4n) is 1.74. The van der Waals surface area contributed by atoms with Crippen LogP contribution >= 0.6 is 15.9 Å². The third-order valence-electron chi connectivity index (χ3n) is 2.87. The van der Waals surface area contributed by atoms with Crippen LogP contribution in [0.4, 0.5) is 5.69 Å². The lowest BCUT2D eigenvalue weighted by Gasteiger charge is -2.21. The van der Waals surface area contributed by atoms with Gasteiger partial charge in [0, 0.05) is 44.6 Å². The molecule has 3 nitrogen and oxygen atoms in total. The fourth-order valence-corrected chi connectivity index (χ4v) is 2.07. The van der Waals surface area contributed by atoms with Gasteiger partial charge >= 0.3 is 0 Å². The second kappa shape index (κ2) is 7.41. The molecule has 4 heteroatoms. The smallest absolute Gasteiger partial charge is 0.223 e. The molecule has 0 heterocycles. The summed E-state index contributed by atoms with van der Waals surface area (Å²) in [5, 5.41) is 0.724. The van der Waals surface area contributed by atoms with Gasteiger partial charge in [-0.3, -0.25) is 4.79 Å². The topological polar surface area (TPSA) is 23.6 Å². The van der Waals surface area contributed by atoms with Crippen LogP contribution in [0.25, 0.3) is 0 Å². The van der Waals surface area contributed by atoms with Crippen molar-refractivity contribution in [2.24, 2.45) is 0 Å². The maximum atomic E-state index is 11.8. The zero-order valence-corrected chi connectivity index (χ0v) is 12.9. The highest BCUT2D eigenvalue weighted by Crippen LogP contribution is 2.14. The van der Waals surface area contributed by atoms with Gasteiger partial charge in [0.05, 0.1) is 0 Å². The Kier molecular flexibility index (Phi) is 6.19. The van der Waals surface area contributed by atoms with Crippen molar-refractivity contribution in [3.05, 3.63) is 29.8 Å². The van der Waals surface area contributed by atoms with Crippen LogP contribution in [0, 0.1) is 0 Å². The van der Waals surface area contributed by atoms with E-state index in [1.54, 1.807) is 0 Å². The molecule has 1 rings (SSSR count). The van der Waals surface area contributed by atoms with Crippen molar-refractivity contribution in [3.8, 4) is 0 Å². The molecule has 100 valence electrons. The molecule has 1 aromatic carbocycles. The zero-order chi connectivity index (χ0) is 13.5. The number of alkyl halides is 1. The molecule has 1 aromatic rings. The second-order valence-electron chi connectivity index (χ2n) is 4.41. The third-order valence-corrected chi connectivity index (χ3v) is 3.27. The van der Waals surface area contributed by atoms with Gasteiger partial charge in [-0.15, -0.1) is 0 Å². The van der Waals surface area contributed by atoms with Gasteiger partial charge in [0.15, 0.2) is 0 Å². The van der Waals surface area contributed by atoms with Gasteiger partial charge in [-0.25, -0.2) is 0 Å². The van der Waals surface area contributed by atoms with E-state index in [0.29, 0.717) is 13.0 Å². The average molecular weight is 313 g/mol. The number of amides is 1. The first-order valence-electron chi connectivity index (χ1n) is 6.18. The average Bonchev–Trinajstić information content (AvgIpc) is 2.36. The molecule has 0 saturated heterocycles. The molecule has 0 spiro atoms. The van der Waals surface area contributed by atoms with Crippen molar-refractivity contribution in [3.63, 3.8) is 0 Å². The first-order valence-corrected chi connectivity index (χ1v) is 7.30. The maximum absolute atomic E-state index is 11.8. The van der Waals surface area contributed by atoms with Gasteiger partial charge < -0.3 is 9.80 Å². The van der Waals surface area contributed by atoms with E-state index in [1.807, 2.05) is 25.9 Å². The quantitative estimate of drug-likeness (QED) is 0.754. The summed E-state index contributed by atoms with van der Waals surface area (Å²) < 4.78 is 0. The number of rotatable bonds is 6. The number of hydrogen-bond acceptors (Lipinski definition) is 2. The Bertz CT molecular complexity index is 376. The van der Waals surface area contributed by atoms with Crippen LogP contribution in [0.5, 0.6) is 0 Å². The molecule has 0 atom stereocenters. The highest BCUT2D eigenvalue weighted by molar-refractivity contribution is 9.09. The van der Waals surface area contributed by atoms with Crippen LogP contribution in [-0.4, -0.2) is 36.8 Å². The minimum Gasteiger partial charge on any atom is -0.378 e. The first-order chi connectivity index (χ1) is 8.58. The second-order valence-corrected chi connectivity index (χ2v) is 5.20. The number of benzene rings is 1. The van der Waals surface area contributed by atoms with Gasteiger partial charge in [0.2, 0.25) is 5.91 Å². The van der Waals surface area contributed by atoms with Gasteiger partial charge in [0.25, 0.3) is 0 Å². The van der Waals surface area contributed by atoms with E-state index in [-0.39, 0.29) is 5.91 Å². The monoisotopic (exact) mass is 312 g/mol. The Morgan fingerprint density at radius 2 is 1.83 bits per heavy atom. The van der Waals surface area contributed by atoms with Gasteiger partial charge in [-0.1, -0.05) is 28.1 Å². The molecule has 0 bridgehead atoms. The molecule has 0 fully saturated rings. The number of carbonyl (C=O) groups excluding carboxylic acids is 1. The lowest BCUT2D eigenvalue weighted by Crippen LogP contribution is -2.30. The Hall–Kier alpha value is -1.03. The minimum atomic E-state index is 0.200. The largest absolute Gasteiger partial charge is 0.378 e. The molecule has 0 aromatic heterocycles. The number of hydrogen-bond donors (Lipinski definition) is 0. The Balaban J connectivity index is 2.67. The van der Waals surface area contributed by atoms with Gasteiger partial charge in [-0.05, 0) is 24.6 Å². The van der Waals surface area contributed by atoms with Gasteiger partial charge in [-0.2, -0.15) is 0 Å². The summed E-state index contributed by atoms with van der Waals surface area (Å²) in [6, 6.07) is 8.33. The van der Waals surface area contributed by atoms with Crippen LogP contribution in [0.15, 0.2) is 24.3 Å². The van der Waals surface area contributed by atoms with Crippen molar-refractivity contribution in [1.82, 2.24) is 4.90 Å². The van der Waals surface area contributed by atoms with E-state index < -0.39 is 0 Å². The standard InChI is InChI=1S/C14H21BrN2O/c1-4-17(14(18)9-10-15)11-12-5-7-13(8-6-12)16(2)3/h5-8H,4,9-11H2,1-3H3. The van der Waals surface area contributed by atoms with Crippen LogP contribution in [0.2, 0.25) is 0 Å². The molecule has 0 aliphatic rings. The summed E-state index contributed by atoms with van der Waals surface area (Å²) in [4.78, 5) is 15.8. The van der Waals surface area contributed by atoms with Crippen molar-refractivity contribution in [2.45, 2.75) is 19.9 Å². The summed E-state index contributed by atoms with van der Waals surface area (Å²) in [6.07, 6.45) is 0.559. The fraction of sp³-hybridized carbons (Fsp3) is 0.500. The highest BCUT2D eigenvalue weighted by Gasteiger charge is 2.11. The van der Waals surface area contributed by atoms with E-state index in [1.165, 1.54) is 11.3 Å². The molecule has 0 aliphatic heterocycles. The van der Waals surface area contributed by atoms with E-state index in [4.69, 9.17) is 0 Å². The SMILES string of the molecule is CCN(Cc1ccc(N(C)C)cc1)C(=O)CCBr. The number of carbonyl (C=O) groups is 1. The zero-order valence-electron chi connectivity index (χ0n) is 11.3. The predicted molar refractivity (Wildman–Crippen MR) is 80.3 cm³/mol. The first kappa shape index (κ1) is 15.0. The summed E-state index contributed by atoms with van der Waals surface area (Å²) >= 11 is 3.31. The maximum Gasteiger partial charge on any atom is 0.223 e. The molecular weight excluding hydrogens is 292 g/mol. The summed E-state index contributed by atoms with van der Waals surface area (Å²) in [6.45, 7) is 3.46. The summed E-state index contributed by atoms with van der Waals surface area (Å²) in [5.41, 5.74) is 2.35. The third kappa shape index (κ3) is 4.33. The number of nitrogens with zero attached hydrogens (tertiary/aromatic N) is 2. The van der Waals surface area contributed by atoms with Crippen molar-refractivity contribution in [2.75, 3.05) is 30.9 Å². The van der Waals surface area contributed by atoms with E-state index in [0.717, 1.165) is 11.9 Å². The van der Waals surface area contributed by atoms with Gasteiger partial charge in [0.1, 0.15) is 0 Å². The van der Waals surface area contributed by atoms with Crippen LogP contribution < -0.4 is 4.90 Å². The van der Waals surface area contributed by atoms with E-state index >= 15 is 0 Å². The minimum absolute atomic E-state index is 0.200. The lowest BCUT2D eigenvalue weighted by atomic mass is 10.2. The predicted octanol–water partition coefficient (Wildman–Crippen LogP) is 2.89. The molecule has 0 saturated carbocycles. The van der Waals surface area contributed by atoms with E-state index in [9.17, 15) is 4.79 Å². The molecule has 0 aliphatic carbocycles. The van der Waals surface area contributed by atoms with Crippen molar-refractivity contribution in [1.29, 1.82) is 0 Å². The van der Waals surface area contributed by atoms with Crippen molar-refractivity contribution >= 4 is 27.5 Å². The van der Waals surface area contributed by atoms with Crippen molar-refractivity contribution < 1.29 is 4.79 Å². The Morgan fingerprint density at radius 1 is 1.22 bits per heavy atom.